The normalized spacial score (nSPS) is 18.7. The maximum atomic E-state index is 4.59. The van der Waals surface area contributed by atoms with Gasteiger partial charge in [-0.2, -0.15) is 0 Å². The van der Waals surface area contributed by atoms with Crippen molar-refractivity contribution in [3.05, 3.63) is 83.8 Å². The Morgan fingerprint density at radius 1 is 0.962 bits per heavy atom. The van der Waals surface area contributed by atoms with E-state index in [1.165, 1.54) is 29.1 Å². The monoisotopic (exact) mass is 444 g/mol. The van der Waals surface area contributed by atoms with E-state index in [9.17, 15) is 0 Å². The molecule has 1 aromatic heterocycles. The SMILES string of the molecule is CSc1ncnc2c1C[P+](Cc1ccccc1)(c1ccccc1)CC2.[Br-]. The molecule has 4 rings (SSSR count). The topological polar surface area (TPSA) is 25.8 Å². The van der Waals surface area contributed by atoms with Gasteiger partial charge < -0.3 is 17.0 Å². The first-order valence-electron chi connectivity index (χ1n) is 8.63. The summed E-state index contributed by atoms with van der Waals surface area (Å²) in [4.78, 5) is 9.13. The Morgan fingerprint density at radius 2 is 1.65 bits per heavy atom. The highest BCUT2D eigenvalue weighted by Crippen LogP contribution is 2.65. The van der Waals surface area contributed by atoms with Crippen LogP contribution >= 0.6 is 19.0 Å². The Morgan fingerprint density at radius 3 is 2.35 bits per heavy atom. The highest BCUT2D eigenvalue weighted by molar-refractivity contribution is 7.98. The maximum absolute atomic E-state index is 4.59. The lowest BCUT2D eigenvalue weighted by molar-refractivity contribution is -0.00000520. The zero-order valence-electron chi connectivity index (χ0n) is 14.8. The van der Waals surface area contributed by atoms with Crippen LogP contribution in [0.15, 0.2) is 72.0 Å². The highest BCUT2D eigenvalue weighted by atomic mass is 79.9. The molecule has 0 fully saturated rings. The first kappa shape index (κ1) is 19.5. The van der Waals surface area contributed by atoms with Crippen molar-refractivity contribution in [3.8, 4) is 0 Å². The van der Waals surface area contributed by atoms with Crippen molar-refractivity contribution in [2.45, 2.75) is 23.8 Å². The van der Waals surface area contributed by atoms with Crippen LogP contribution in [0.2, 0.25) is 0 Å². The van der Waals surface area contributed by atoms with Crippen molar-refractivity contribution in [1.29, 1.82) is 0 Å². The highest BCUT2D eigenvalue weighted by Gasteiger charge is 2.44. The fourth-order valence-electron chi connectivity index (χ4n) is 3.81. The van der Waals surface area contributed by atoms with Crippen LogP contribution in [0.5, 0.6) is 0 Å². The summed E-state index contributed by atoms with van der Waals surface area (Å²) in [7, 11) is -1.33. The second-order valence-electron chi connectivity index (χ2n) is 6.56. The minimum absolute atomic E-state index is 0. The number of fused-ring (bicyclic) bond motifs is 1. The van der Waals surface area contributed by atoms with Crippen LogP contribution < -0.4 is 22.3 Å². The van der Waals surface area contributed by atoms with Gasteiger partial charge in [-0.25, -0.2) is 9.97 Å². The molecule has 0 saturated heterocycles. The van der Waals surface area contributed by atoms with Gasteiger partial charge in [0.25, 0.3) is 0 Å². The van der Waals surface area contributed by atoms with Gasteiger partial charge >= 0.3 is 0 Å². The number of hydrogen-bond donors (Lipinski definition) is 0. The van der Waals surface area contributed by atoms with E-state index in [1.54, 1.807) is 23.4 Å². The maximum Gasteiger partial charge on any atom is 0.116 e. The third kappa shape index (κ3) is 3.88. The quantitative estimate of drug-likeness (QED) is 0.348. The second kappa shape index (κ2) is 8.65. The van der Waals surface area contributed by atoms with Gasteiger partial charge in [-0.05, 0) is 24.0 Å². The van der Waals surface area contributed by atoms with Gasteiger partial charge in [-0.3, -0.25) is 0 Å². The van der Waals surface area contributed by atoms with E-state index in [-0.39, 0.29) is 17.0 Å². The molecule has 0 bridgehead atoms. The van der Waals surface area contributed by atoms with Crippen LogP contribution in [-0.4, -0.2) is 22.4 Å². The van der Waals surface area contributed by atoms with Crippen LogP contribution in [-0.2, 0) is 18.7 Å². The van der Waals surface area contributed by atoms with Gasteiger partial charge in [-0.1, -0.05) is 48.5 Å². The molecule has 1 aliphatic heterocycles. The Kier molecular flexibility index (Phi) is 6.50. The second-order valence-corrected chi connectivity index (χ2v) is 11.2. The molecule has 0 spiro atoms. The van der Waals surface area contributed by atoms with E-state index in [0.29, 0.717) is 0 Å². The van der Waals surface area contributed by atoms with Crippen LogP contribution in [0.3, 0.4) is 0 Å². The summed E-state index contributed by atoms with van der Waals surface area (Å²) in [6, 6.07) is 22.1. The summed E-state index contributed by atoms with van der Waals surface area (Å²) in [6.07, 6.45) is 8.45. The summed E-state index contributed by atoms with van der Waals surface area (Å²) in [6.45, 7) is 0. The Balaban J connectivity index is 0.00000196. The molecule has 2 heterocycles. The molecule has 5 heteroatoms. The lowest BCUT2D eigenvalue weighted by Gasteiger charge is -2.32. The van der Waals surface area contributed by atoms with Gasteiger partial charge in [0.1, 0.15) is 11.4 Å². The van der Waals surface area contributed by atoms with E-state index < -0.39 is 7.26 Å². The summed E-state index contributed by atoms with van der Waals surface area (Å²) in [5, 5.41) is 2.71. The molecule has 1 aliphatic rings. The van der Waals surface area contributed by atoms with Crippen molar-refractivity contribution >= 4 is 24.3 Å². The van der Waals surface area contributed by atoms with Crippen molar-refractivity contribution in [2.24, 2.45) is 0 Å². The molecule has 2 nitrogen and oxygen atoms in total. The fourth-order valence-corrected chi connectivity index (χ4v) is 8.85. The average Bonchev–Trinajstić information content (AvgIpc) is 2.69. The number of aryl methyl sites for hydroxylation is 1. The van der Waals surface area contributed by atoms with Crippen LogP contribution in [0, 0.1) is 0 Å². The lowest BCUT2D eigenvalue weighted by Crippen LogP contribution is -3.00. The Bertz CT molecular complexity index is 846. The molecule has 0 amide bonds. The number of nitrogens with zero attached hydrogens (tertiary/aromatic N) is 2. The van der Waals surface area contributed by atoms with Gasteiger partial charge in [-0.15, -0.1) is 11.8 Å². The molecule has 2 aromatic carbocycles. The number of rotatable bonds is 4. The average molecular weight is 445 g/mol. The number of halogens is 1. The molecule has 26 heavy (non-hydrogen) atoms. The fraction of sp³-hybridized carbons (Fsp3) is 0.238. The molecule has 0 N–H and O–H groups in total. The Labute approximate surface area is 171 Å². The van der Waals surface area contributed by atoms with E-state index in [2.05, 4.69) is 76.9 Å². The molecule has 0 radical (unpaired) electrons. The smallest absolute Gasteiger partial charge is 0.116 e. The molecular formula is C21H22BrN2PS. The largest absolute Gasteiger partial charge is 1.00 e. The molecule has 0 saturated carbocycles. The van der Waals surface area contributed by atoms with Crippen LogP contribution in [0.4, 0.5) is 0 Å². The van der Waals surface area contributed by atoms with E-state index in [4.69, 9.17) is 0 Å². The third-order valence-electron chi connectivity index (χ3n) is 5.06. The minimum Gasteiger partial charge on any atom is -1.00 e. The van der Waals surface area contributed by atoms with Gasteiger partial charge in [0.05, 0.1) is 36.7 Å². The number of benzene rings is 2. The summed E-state index contributed by atoms with van der Waals surface area (Å²) in [5.74, 6) is 0. The zero-order chi connectivity index (χ0) is 17.1. The predicted molar refractivity (Wildman–Crippen MR) is 109 cm³/mol. The zero-order valence-corrected chi connectivity index (χ0v) is 18.1. The number of aromatic nitrogens is 2. The van der Waals surface area contributed by atoms with Gasteiger partial charge in [0, 0.05) is 12.0 Å². The van der Waals surface area contributed by atoms with Gasteiger partial charge in [0.2, 0.25) is 0 Å². The standard InChI is InChI=1S/C21H22N2PS.BrH/c1-25-21-19-15-24(18-10-6-3-7-11-18,13-12-20(19)22-16-23-21)14-17-8-4-2-5-9-17;/h2-11,16H,12-15H2,1H3;1H/q+1;/p-1. The molecule has 3 aromatic rings. The first-order valence-corrected chi connectivity index (χ1v) is 12.2. The van der Waals surface area contributed by atoms with Crippen molar-refractivity contribution in [1.82, 2.24) is 9.97 Å². The minimum atomic E-state index is -1.33. The van der Waals surface area contributed by atoms with E-state index in [1.807, 2.05) is 0 Å². The molecule has 134 valence electrons. The lowest BCUT2D eigenvalue weighted by atomic mass is 10.2. The molecule has 1 unspecified atom stereocenters. The third-order valence-corrected chi connectivity index (χ3v) is 10.2. The number of hydrogen-bond acceptors (Lipinski definition) is 3. The van der Waals surface area contributed by atoms with E-state index in [0.717, 1.165) is 17.6 Å². The summed E-state index contributed by atoms with van der Waals surface area (Å²) < 4.78 is 0. The Hall–Kier alpha value is -1.22. The predicted octanol–water partition coefficient (Wildman–Crippen LogP) is 1.80. The first-order chi connectivity index (χ1) is 12.3. The van der Waals surface area contributed by atoms with Crippen LogP contribution in [0.25, 0.3) is 0 Å². The number of thioether (sulfide) groups is 1. The van der Waals surface area contributed by atoms with Crippen molar-refractivity contribution in [3.63, 3.8) is 0 Å². The summed E-state index contributed by atoms with van der Waals surface area (Å²) >= 11 is 1.75. The van der Waals surface area contributed by atoms with Crippen molar-refractivity contribution < 1.29 is 17.0 Å². The van der Waals surface area contributed by atoms with Crippen molar-refractivity contribution in [2.75, 3.05) is 12.4 Å². The summed E-state index contributed by atoms with van der Waals surface area (Å²) in [5.41, 5.74) is 4.11. The van der Waals surface area contributed by atoms with E-state index >= 15 is 0 Å². The molecule has 0 aliphatic carbocycles. The molecular weight excluding hydrogens is 423 g/mol. The molecule has 1 atom stereocenters. The van der Waals surface area contributed by atoms with Gasteiger partial charge in [0.15, 0.2) is 0 Å². The van der Waals surface area contributed by atoms with Crippen LogP contribution in [0.1, 0.15) is 16.8 Å².